The number of nitrogens with one attached hydrogen (secondary N) is 1. The highest BCUT2D eigenvalue weighted by molar-refractivity contribution is 5.81. The van der Waals surface area contributed by atoms with Gasteiger partial charge < -0.3 is 10.2 Å². The molecule has 1 rings (SSSR count). The van der Waals surface area contributed by atoms with Crippen molar-refractivity contribution in [2.45, 2.75) is 13.3 Å². The molecule has 5 heteroatoms. The lowest BCUT2D eigenvalue weighted by molar-refractivity contribution is -0.119. The minimum atomic E-state index is -0.452. The van der Waals surface area contributed by atoms with E-state index < -0.39 is 5.82 Å². The molecule has 1 aromatic rings. The third kappa shape index (κ3) is 3.45. The Morgan fingerprint density at radius 1 is 1.56 bits per heavy atom. The summed E-state index contributed by atoms with van der Waals surface area (Å²) in [6.45, 7) is 2.77. The summed E-state index contributed by atoms with van der Waals surface area (Å²) >= 11 is 0. The second-order valence-electron chi connectivity index (χ2n) is 3.87. The quantitative estimate of drug-likeness (QED) is 0.863. The van der Waals surface area contributed by atoms with Crippen LogP contribution in [0.3, 0.4) is 0 Å². The van der Waals surface area contributed by atoms with Crippen molar-refractivity contribution in [2.24, 2.45) is 0 Å². The molecule has 0 saturated heterocycles. The highest BCUT2D eigenvalue weighted by atomic mass is 19.1. The van der Waals surface area contributed by atoms with Gasteiger partial charge in [-0.1, -0.05) is 6.92 Å². The van der Waals surface area contributed by atoms with Gasteiger partial charge in [0.15, 0.2) is 0 Å². The van der Waals surface area contributed by atoms with Crippen LogP contribution in [0, 0.1) is 17.1 Å². The Morgan fingerprint density at radius 3 is 2.83 bits per heavy atom. The average molecular weight is 249 g/mol. The van der Waals surface area contributed by atoms with Gasteiger partial charge in [-0.25, -0.2) is 4.39 Å². The molecule has 0 saturated carbocycles. The summed E-state index contributed by atoms with van der Waals surface area (Å²) in [4.78, 5) is 13.2. The number of carbonyl (C=O) groups is 1. The first kappa shape index (κ1) is 14.0. The van der Waals surface area contributed by atoms with E-state index in [-0.39, 0.29) is 18.0 Å². The second kappa shape index (κ2) is 6.60. The van der Waals surface area contributed by atoms with E-state index in [1.54, 1.807) is 11.9 Å². The number of carbonyl (C=O) groups excluding carboxylic acids is 1. The van der Waals surface area contributed by atoms with Gasteiger partial charge in [0.1, 0.15) is 11.9 Å². The lowest BCUT2D eigenvalue weighted by atomic mass is 10.1. The fourth-order valence-corrected chi connectivity index (χ4v) is 1.68. The van der Waals surface area contributed by atoms with Crippen molar-refractivity contribution >= 4 is 11.6 Å². The van der Waals surface area contributed by atoms with Crippen molar-refractivity contribution in [3.63, 3.8) is 0 Å². The summed E-state index contributed by atoms with van der Waals surface area (Å²) in [5, 5.41) is 11.5. The van der Waals surface area contributed by atoms with E-state index in [1.807, 2.05) is 13.0 Å². The number of nitriles is 1. The molecule has 18 heavy (non-hydrogen) atoms. The highest BCUT2D eigenvalue weighted by Gasteiger charge is 2.14. The number of rotatable bonds is 5. The Hall–Kier alpha value is -2.09. The van der Waals surface area contributed by atoms with Crippen LogP contribution in [0.1, 0.15) is 18.9 Å². The molecule has 1 amide bonds. The molecule has 0 aliphatic carbocycles. The van der Waals surface area contributed by atoms with Gasteiger partial charge in [0.05, 0.1) is 17.8 Å². The molecule has 0 unspecified atom stereocenters. The predicted molar refractivity (Wildman–Crippen MR) is 67.7 cm³/mol. The molecule has 0 aliphatic heterocycles. The van der Waals surface area contributed by atoms with Crippen LogP contribution in [0.2, 0.25) is 0 Å². The van der Waals surface area contributed by atoms with E-state index in [0.717, 1.165) is 6.42 Å². The molecule has 4 nitrogen and oxygen atoms in total. The minimum Gasteiger partial charge on any atom is -0.361 e. The summed E-state index contributed by atoms with van der Waals surface area (Å²) in [6, 6.07) is 5.96. The van der Waals surface area contributed by atoms with Crippen LogP contribution in [0.5, 0.6) is 0 Å². The molecule has 0 aliphatic rings. The van der Waals surface area contributed by atoms with E-state index in [2.05, 4.69) is 5.32 Å². The smallest absolute Gasteiger partial charge is 0.239 e. The number of benzene rings is 1. The van der Waals surface area contributed by atoms with Gasteiger partial charge in [0.25, 0.3) is 0 Å². The van der Waals surface area contributed by atoms with E-state index in [0.29, 0.717) is 12.2 Å². The summed E-state index contributed by atoms with van der Waals surface area (Å²) in [7, 11) is 1.56. The Morgan fingerprint density at radius 2 is 2.28 bits per heavy atom. The molecule has 1 aromatic carbocycles. The maximum atomic E-state index is 13.1. The van der Waals surface area contributed by atoms with Crippen LogP contribution >= 0.6 is 0 Å². The van der Waals surface area contributed by atoms with Crippen molar-refractivity contribution in [2.75, 3.05) is 25.0 Å². The van der Waals surface area contributed by atoms with Gasteiger partial charge in [0, 0.05) is 13.6 Å². The van der Waals surface area contributed by atoms with Crippen LogP contribution in [0.25, 0.3) is 0 Å². The van der Waals surface area contributed by atoms with Crippen molar-refractivity contribution in [1.82, 2.24) is 5.32 Å². The molecular weight excluding hydrogens is 233 g/mol. The number of nitrogens with zero attached hydrogens (tertiary/aromatic N) is 2. The van der Waals surface area contributed by atoms with Crippen molar-refractivity contribution in [3.05, 3.63) is 29.6 Å². The topological polar surface area (TPSA) is 56.1 Å². The molecule has 0 fully saturated rings. The first-order valence-corrected chi connectivity index (χ1v) is 5.77. The molecule has 96 valence electrons. The number of hydrogen-bond donors (Lipinski definition) is 1. The lowest BCUT2D eigenvalue weighted by Gasteiger charge is -2.24. The monoisotopic (exact) mass is 249 g/mol. The van der Waals surface area contributed by atoms with Gasteiger partial charge in [-0.15, -0.1) is 0 Å². The van der Waals surface area contributed by atoms with Crippen LogP contribution in [-0.2, 0) is 4.79 Å². The van der Waals surface area contributed by atoms with E-state index in [1.165, 1.54) is 18.2 Å². The average Bonchev–Trinajstić information content (AvgIpc) is 2.37. The lowest BCUT2D eigenvalue weighted by Crippen LogP contribution is -2.36. The van der Waals surface area contributed by atoms with Crippen LogP contribution < -0.4 is 10.2 Å². The third-order valence-corrected chi connectivity index (χ3v) is 2.53. The van der Waals surface area contributed by atoms with E-state index in [4.69, 9.17) is 5.26 Å². The summed E-state index contributed by atoms with van der Waals surface area (Å²) in [6.07, 6.45) is 0.833. The fourth-order valence-electron chi connectivity index (χ4n) is 1.68. The molecular formula is C13H16FN3O. The normalized spacial score (nSPS) is 9.67. The summed E-state index contributed by atoms with van der Waals surface area (Å²) in [5.41, 5.74) is 0.830. The first-order chi connectivity index (χ1) is 8.62. The van der Waals surface area contributed by atoms with Crippen molar-refractivity contribution < 1.29 is 9.18 Å². The molecule has 1 N–H and O–H groups in total. The fraction of sp³-hybridized carbons (Fsp3) is 0.385. The SMILES string of the molecule is CCCN(CC(=O)NC)c1ccc(F)cc1C#N. The number of likely N-dealkylation sites (N-methyl/N-ethyl adjacent to an activating group) is 1. The summed E-state index contributed by atoms with van der Waals surface area (Å²) < 4.78 is 13.1. The van der Waals surface area contributed by atoms with Crippen LogP contribution in [0.4, 0.5) is 10.1 Å². The number of amides is 1. The van der Waals surface area contributed by atoms with Gasteiger partial charge in [-0.05, 0) is 24.6 Å². The Balaban J connectivity index is 3.05. The number of anilines is 1. The molecule has 0 aromatic heterocycles. The first-order valence-electron chi connectivity index (χ1n) is 5.77. The van der Waals surface area contributed by atoms with Crippen molar-refractivity contribution in [1.29, 1.82) is 5.26 Å². The summed E-state index contributed by atoms with van der Waals surface area (Å²) in [5.74, 6) is -0.594. The Bertz CT molecular complexity index is 468. The number of hydrogen-bond acceptors (Lipinski definition) is 3. The largest absolute Gasteiger partial charge is 0.361 e. The molecule has 0 bridgehead atoms. The maximum Gasteiger partial charge on any atom is 0.239 e. The van der Waals surface area contributed by atoms with Gasteiger partial charge >= 0.3 is 0 Å². The molecule has 0 spiro atoms. The molecule has 0 atom stereocenters. The number of halogens is 1. The van der Waals surface area contributed by atoms with Crippen LogP contribution in [0.15, 0.2) is 18.2 Å². The van der Waals surface area contributed by atoms with Gasteiger partial charge in [-0.2, -0.15) is 5.26 Å². The van der Waals surface area contributed by atoms with Gasteiger partial charge in [0.2, 0.25) is 5.91 Å². The minimum absolute atomic E-state index is 0.142. The molecule has 0 heterocycles. The van der Waals surface area contributed by atoms with E-state index in [9.17, 15) is 9.18 Å². The predicted octanol–water partition coefficient (Wildman–Crippen LogP) is 1.66. The highest BCUT2D eigenvalue weighted by Crippen LogP contribution is 2.21. The van der Waals surface area contributed by atoms with Crippen LogP contribution in [-0.4, -0.2) is 26.0 Å². The zero-order valence-electron chi connectivity index (χ0n) is 10.5. The Kier molecular flexibility index (Phi) is 5.12. The van der Waals surface area contributed by atoms with Gasteiger partial charge in [-0.3, -0.25) is 4.79 Å². The standard InChI is InChI=1S/C13H16FN3O/c1-3-6-17(9-13(18)16-2)12-5-4-11(14)7-10(12)8-15/h4-5,7H,3,6,9H2,1-2H3,(H,16,18). The van der Waals surface area contributed by atoms with Crippen molar-refractivity contribution in [3.8, 4) is 6.07 Å². The Labute approximate surface area is 106 Å². The molecule has 0 radical (unpaired) electrons. The second-order valence-corrected chi connectivity index (χ2v) is 3.87. The maximum absolute atomic E-state index is 13.1. The third-order valence-electron chi connectivity index (χ3n) is 2.53. The van der Waals surface area contributed by atoms with E-state index >= 15 is 0 Å². The zero-order chi connectivity index (χ0) is 13.5. The zero-order valence-corrected chi connectivity index (χ0v) is 10.5.